The van der Waals surface area contributed by atoms with Crippen LogP contribution >= 0.6 is 0 Å². The first-order chi connectivity index (χ1) is 10.2. The number of aliphatic hydroxyl groups is 1. The van der Waals surface area contributed by atoms with Crippen LogP contribution in [0.1, 0.15) is 33.1 Å². The molecule has 122 valence electrons. The molecule has 0 radical (unpaired) electrons. The molecule has 1 spiro atoms. The van der Waals surface area contributed by atoms with Crippen molar-refractivity contribution in [3.05, 3.63) is 0 Å². The predicted molar refractivity (Wildman–Crippen MR) is 75.3 cm³/mol. The Balaban J connectivity index is 2.11. The molecule has 4 atom stereocenters. The highest BCUT2D eigenvalue weighted by atomic mass is 16.3. The minimum Gasteiger partial charge on any atom is -0.391 e. The molecule has 8 heteroatoms. The molecule has 2 unspecified atom stereocenters. The van der Waals surface area contributed by atoms with Crippen LogP contribution in [0.2, 0.25) is 0 Å². The van der Waals surface area contributed by atoms with E-state index in [0.717, 1.165) is 0 Å². The minimum atomic E-state index is -1.19. The van der Waals surface area contributed by atoms with Crippen molar-refractivity contribution < 1.29 is 24.3 Å². The van der Waals surface area contributed by atoms with E-state index in [4.69, 9.17) is 5.73 Å². The summed E-state index contributed by atoms with van der Waals surface area (Å²) in [6.45, 7) is 2.86. The lowest BCUT2D eigenvalue weighted by Crippen LogP contribution is -2.58. The van der Waals surface area contributed by atoms with E-state index in [2.05, 4.69) is 5.32 Å². The fourth-order valence-corrected chi connectivity index (χ4v) is 3.30. The first kappa shape index (κ1) is 16.4. The number of Topliss-reactive ketones (excluding diaryl/α,β-unsaturated/α-hetero) is 1. The first-order valence-corrected chi connectivity index (χ1v) is 7.28. The molecule has 1 saturated carbocycles. The third kappa shape index (κ3) is 2.58. The number of nitrogens with two attached hydrogens (primary N) is 1. The highest BCUT2D eigenvalue weighted by molar-refractivity contribution is 5.99. The van der Waals surface area contributed by atoms with Gasteiger partial charge in [-0.2, -0.15) is 0 Å². The molecule has 1 saturated heterocycles. The summed E-state index contributed by atoms with van der Waals surface area (Å²) < 4.78 is 0. The van der Waals surface area contributed by atoms with Crippen LogP contribution in [-0.2, 0) is 19.2 Å². The number of nitrogens with one attached hydrogen (secondary N) is 1. The van der Waals surface area contributed by atoms with Crippen molar-refractivity contribution in [3.63, 3.8) is 0 Å². The average Bonchev–Trinajstić information content (AvgIpc) is 2.85. The largest absolute Gasteiger partial charge is 0.391 e. The molecular weight excluding hydrogens is 290 g/mol. The average molecular weight is 311 g/mol. The molecule has 0 aromatic rings. The van der Waals surface area contributed by atoms with E-state index < -0.39 is 35.4 Å². The number of nitrogens with zero attached hydrogens (tertiary/aromatic N) is 1. The Morgan fingerprint density at radius 3 is 2.41 bits per heavy atom. The van der Waals surface area contributed by atoms with Gasteiger partial charge in [0.15, 0.2) is 5.78 Å². The lowest BCUT2D eigenvalue weighted by atomic mass is 9.72. The number of primary amides is 1. The Morgan fingerprint density at radius 1 is 1.45 bits per heavy atom. The quantitative estimate of drug-likeness (QED) is 0.570. The number of likely N-dealkylation sites (tertiary alicyclic amines) is 1. The maximum absolute atomic E-state index is 12.3. The standard InChI is InChI=1S/C14H21N3O5/c1-7(18)11(12(15)21)16-13(22)9-5-14(4-3-10(14)20)17(6-9)8(2)19/h7,9,11,18H,3-6H2,1-2H3,(H2,15,21)(H,16,22)/t7-,9?,11+,14?/m1/s1. The molecule has 2 aliphatic rings. The summed E-state index contributed by atoms with van der Waals surface area (Å²) in [6, 6.07) is -1.19. The second kappa shape index (κ2) is 5.68. The van der Waals surface area contributed by atoms with Gasteiger partial charge in [0.05, 0.1) is 12.0 Å². The van der Waals surface area contributed by atoms with Gasteiger partial charge in [0.2, 0.25) is 17.7 Å². The van der Waals surface area contributed by atoms with Crippen LogP contribution in [-0.4, -0.2) is 57.7 Å². The summed E-state index contributed by atoms with van der Waals surface area (Å²) >= 11 is 0. The second-order valence-electron chi connectivity index (χ2n) is 6.11. The zero-order valence-corrected chi connectivity index (χ0v) is 12.7. The van der Waals surface area contributed by atoms with E-state index in [9.17, 15) is 24.3 Å². The number of ketones is 1. The van der Waals surface area contributed by atoms with Crippen molar-refractivity contribution in [1.29, 1.82) is 0 Å². The van der Waals surface area contributed by atoms with E-state index in [0.29, 0.717) is 12.8 Å². The van der Waals surface area contributed by atoms with Gasteiger partial charge in [-0.05, 0) is 19.8 Å². The second-order valence-corrected chi connectivity index (χ2v) is 6.11. The van der Waals surface area contributed by atoms with Crippen molar-refractivity contribution in [2.75, 3.05) is 6.54 Å². The molecule has 2 fully saturated rings. The highest BCUT2D eigenvalue weighted by Gasteiger charge is 2.58. The van der Waals surface area contributed by atoms with Gasteiger partial charge in [-0.1, -0.05) is 0 Å². The molecule has 4 N–H and O–H groups in total. The molecule has 1 aliphatic heterocycles. The van der Waals surface area contributed by atoms with Crippen molar-refractivity contribution in [2.45, 2.75) is 50.8 Å². The molecule has 1 heterocycles. The van der Waals surface area contributed by atoms with E-state index in [-0.39, 0.29) is 24.7 Å². The van der Waals surface area contributed by atoms with Crippen LogP contribution < -0.4 is 11.1 Å². The zero-order chi connectivity index (χ0) is 16.7. The molecular formula is C14H21N3O5. The number of hydrogen-bond acceptors (Lipinski definition) is 5. The summed E-state index contributed by atoms with van der Waals surface area (Å²) in [7, 11) is 0. The monoisotopic (exact) mass is 311 g/mol. The van der Waals surface area contributed by atoms with Crippen molar-refractivity contribution in [2.24, 2.45) is 11.7 Å². The molecule has 0 aromatic heterocycles. The molecule has 22 heavy (non-hydrogen) atoms. The topological polar surface area (TPSA) is 130 Å². The molecule has 1 aliphatic carbocycles. The minimum absolute atomic E-state index is 0.0278. The van der Waals surface area contributed by atoms with Crippen molar-refractivity contribution >= 4 is 23.5 Å². The predicted octanol–water partition coefficient (Wildman–Crippen LogP) is -1.69. The number of aliphatic hydroxyl groups excluding tert-OH is 1. The molecule has 8 nitrogen and oxygen atoms in total. The lowest BCUT2D eigenvalue weighted by Gasteiger charge is -2.43. The lowest BCUT2D eigenvalue weighted by molar-refractivity contribution is -0.149. The van der Waals surface area contributed by atoms with Crippen LogP contribution in [0.5, 0.6) is 0 Å². The summed E-state index contributed by atoms with van der Waals surface area (Å²) in [4.78, 5) is 48.6. The zero-order valence-electron chi connectivity index (χ0n) is 12.7. The van der Waals surface area contributed by atoms with E-state index in [1.165, 1.54) is 18.7 Å². The summed E-state index contributed by atoms with van der Waals surface area (Å²) in [5.74, 6) is -2.18. The van der Waals surface area contributed by atoms with Gasteiger partial charge in [-0.25, -0.2) is 0 Å². The molecule has 0 bridgehead atoms. The van der Waals surface area contributed by atoms with Gasteiger partial charge in [0.1, 0.15) is 11.6 Å². The van der Waals surface area contributed by atoms with Crippen LogP contribution in [0, 0.1) is 5.92 Å². The van der Waals surface area contributed by atoms with Crippen LogP contribution in [0.25, 0.3) is 0 Å². The fourth-order valence-electron chi connectivity index (χ4n) is 3.30. The smallest absolute Gasteiger partial charge is 0.242 e. The highest BCUT2D eigenvalue weighted by Crippen LogP contribution is 2.45. The van der Waals surface area contributed by atoms with E-state index in [1.54, 1.807) is 0 Å². The first-order valence-electron chi connectivity index (χ1n) is 7.28. The molecule has 2 rings (SSSR count). The molecule has 3 amide bonds. The number of rotatable bonds is 4. The van der Waals surface area contributed by atoms with Crippen LogP contribution in [0.15, 0.2) is 0 Å². The van der Waals surface area contributed by atoms with Gasteiger partial charge >= 0.3 is 0 Å². The number of amides is 3. The van der Waals surface area contributed by atoms with Crippen molar-refractivity contribution in [3.8, 4) is 0 Å². The van der Waals surface area contributed by atoms with Gasteiger partial charge in [0.25, 0.3) is 0 Å². The maximum Gasteiger partial charge on any atom is 0.242 e. The van der Waals surface area contributed by atoms with Gasteiger partial charge < -0.3 is 21.1 Å². The maximum atomic E-state index is 12.3. The third-order valence-electron chi connectivity index (χ3n) is 4.63. The Labute approximate surface area is 128 Å². The van der Waals surface area contributed by atoms with Crippen LogP contribution in [0.3, 0.4) is 0 Å². The summed E-state index contributed by atoms with van der Waals surface area (Å²) in [5.41, 5.74) is 4.28. The van der Waals surface area contributed by atoms with Gasteiger partial charge in [0, 0.05) is 19.9 Å². The summed E-state index contributed by atoms with van der Waals surface area (Å²) in [5, 5.41) is 11.9. The Kier molecular flexibility index (Phi) is 4.23. The SMILES string of the molecule is CC(=O)N1CC(C(=O)N[C@H](C(N)=O)[C@@H](C)O)CC12CCC2=O. The number of hydrogen-bond donors (Lipinski definition) is 3. The third-order valence-corrected chi connectivity index (χ3v) is 4.63. The normalized spacial score (nSPS) is 29.9. The Morgan fingerprint density at radius 2 is 2.09 bits per heavy atom. The number of carbonyl (C=O) groups is 4. The van der Waals surface area contributed by atoms with Crippen LogP contribution in [0.4, 0.5) is 0 Å². The van der Waals surface area contributed by atoms with E-state index in [1.807, 2.05) is 0 Å². The van der Waals surface area contributed by atoms with Gasteiger partial charge in [-0.3, -0.25) is 19.2 Å². The Bertz CT molecular complexity index is 533. The van der Waals surface area contributed by atoms with Gasteiger partial charge in [-0.15, -0.1) is 0 Å². The summed E-state index contributed by atoms with van der Waals surface area (Å²) in [6.07, 6.45) is 0.106. The Hall–Kier alpha value is -1.96. The number of carbonyl (C=O) groups excluding carboxylic acids is 4. The fraction of sp³-hybridized carbons (Fsp3) is 0.714. The molecule has 0 aromatic carbocycles. The van der Waals surface area contributed by atoms with E-state index >= 15 is 0 Å². The van der Waals surface area contributed by atoms with Crippen molar-refractivity contribution in [1.82, 2.24) is 10.2 Å².